The van der Waals surface area contributed by atoms with Gasteiger partial charge >= 0.3 is 5.97 Å². The molecule has 35 heavy (non-hydrogen) atoms. The average molecular weight is 507 g/mol. The van der Waals surface area contributed by atoms with Gasteiger partial charge in [0.05, 0.1) is 34.7 Å². The van der Waals surface area contributed by atoms with E-state index in [9.17, 15) is 19.8 Å². The van der Waals surface area contributed by atoms with Gasteiger partial charge in [0.15, 0.2) is 0 Å². The van der Waals surface area contributed by atoms with Crippen molar-refractivity contribution < 1.29 is 24.5 Å². The number of thiazole rings is 1. The number of carbonyl (C=O) groups is 2. The zero-order valence-electron chi connectivity index (χ0n) is 22.2. The molecule has 0 bridgehead atoms. The summed E-state index contributed by atoms with van der Waals surface area (Å²) in [6.45, 7) is 10.9. The van der Waals surface area contributed by atoms with Crippen molar-refractivity contribution in [3.05, 3.63) is 21.7 Å². The van der Waals surface area contributed by atoms with Gasteiger partial charge in [0.25, 0.3) is 0 Å². The minimum absolute atomic E-state index is 0.0261. The van der Waals surface area contributed by atoms with Crippen molar-refractivity contribution >= 4 is 29.2 Å². The van der Waals surface area contributed by atoms with E-state index < -0.39 is 35.6 Å². The number of rotatable bonds is 2. The predicted molar refractivity (Wildman–Crippen MR) is 138 cm³/mol. The van der Waals surface area contributed by atoms with Crippen molar-refractivity contribution in [2.75, 3.05) is 7.05 Å². The van der Waals surface area contributed by atoms with Gasteiger partial charge in [-0.2, -0.15) is 0 Å². The van der Waals surface area contributed by atoms with E-state index in [1.165, 1.54) is 0 Å². The highest BCUT2D eigenvalue weighted by molar-refractivity contribution is 7.09. The molecule has 0 amide bonds. The van der Waals surface area contributed by atoms with E-state index in [1.807, 2.05) is 32.2 Å². The van der Waals surface area contributed by atoms with E-state index in [0.717, 1.165) is 35.5 Å². The second kappa shape index (κ2) is 11.2. The normalized spacial score (nSPS) is 37.5. The molecule has 196 valence electrons. The quantitative estimate of drug-likeness (QED) is 0.462. The zero-order valence-corrected chi connectivity index (χ0v) is 23.0. The van der Waals surface area contributed by atoms with E-state index in [-0.39, 0.29) is 18.1 Å². The maximum atomic E-state index is 13.2. The molecular weight excluding hydrogens is 464 g/mol. The summed E-state index contributed by atoms with van der Waals surface area (Å²) in [5.74, 6) is -1.42. The van der Waals surface area contributed by atoms with Gasteiger partial charge in [-0.05, 0) is 51.3 Å². The first-order chi connectivity index (χ1) is 16.3. The summed E-state index contributed by atoms with van der Waals surface area (Å²) in [4.78, 5) is 33.0. The van der Waals surface area contributed by atoms with E-state index in [2.05, 4.69) is 16.9 Å². The van der Waals surface area contributed by atoms with Gasteiger partial charge in [0.1, 0.15) is 11.9 Å². The number of hydrogen-bond donors (Lipinski definition) is 2. The third-order valence-corrected chi connectivity index (χ3v) is 8.94. The van der Waals surface area contributed by atoms with Crippen molar-refractivity contribution in [3.63, 3.8) is 0 Å². The van der Waals surface area contributed by atoms with Crippen LogP contribution in [0, 0.1) is 24.2 Å². The first kappa shape index (κ1) is 28.0. The molecule has 2 aliphatic rings. The summed E-state index contributed by atoms with van der Waals surface area (Å²) < 4.78 is 5.92. The Morgan fingerprint density at radius 1 is 1.23 bits per heavy atom. The minimum Gasteiger partial charge on any atom is -0.458 e. The molecule has 8 heteroatoms. The zero-order chi connectivity index (χ0) is 26.1. The van der Waals surface area contributed by atoms with E-state index in [0.29, 0.717) is 18.5 Å². The monoisotopic (exact) mass is 506 g/mol. The molecule has 0 aromatic carbocycles. The van der Waals surface area contributed by atoms with Crippen molar-refractivity contribution in [2.24, 2.45) is 17.3 Å². The molecule has 2 aliphatic heterocycles. The van der Waals surface area contributed by atoms with Gasteiger partial charge < -0.3 is 14.9 Å². The Labute approximate surface area is 213 Å². The number of cyclic esters (lactones) is 1. The Hall–Kier alpha value is -1.61. The van der Waals surface area contributed by atoms with Crippen LogP contribution in [0.15, 0.2) is 11.0 Å². The lowest BCUT2D eigenvalue weighted by atomic mass is 9.73. The summed E-state index contributed by atoms with van der Waals surface area (Å²) in [5, 5.41) is 24.7. The van der Waals surface area contributed by atoms with Crippen LogP contribution in [0.3, 0.4) is 0 Å². The summed E-state index contributed by atoms with van der Waals surface area (Å²) in [6, 6.07) is 0.717. The van der Waals surface area contributed by atoms with Crippen molar-refractivity contribution in [1.29, 1.82) is 0 Å². The highest BCUT2D eigenvalue weighted by atomic mass is 32.1. The highest BCUT2D eigenvalue weighted by Gasteiger charge is 2.46. The topological polar surface area (TPSA) is 99.7 Å². The molecule has 0 radical (unpaired) electrons. The van der Waals surface area contributed by atoms with Crippen molar-refractivity contribution in [1.82, 2.24) is 9.88 Å². The van der Waals surface area contributed by atoms with Crippen LogP contribution >= 0.6 is 11.3 Å². The largest absolute Gasteiger partial charge is 0.458 e. The molecular formula is C27H42N2O5S. The molecule has 3 heterocycles. The maximum absolute atomic E-state index is 13.2. The SMILES string of the molecule is C/C(=C\c1csc(C)n1)C1CC2C(CCCC(C)C(O)C(C)C(=O)C(C)(C)C(O)CC(=O)O1)N2C. The average Bonchev–Trinajstić information content (AvgIpc) is 3.18. The molecule has 3 rings (SSSR count). The molecule has 0 aliphatic carbocycles. The number of aromatic nitrogens is 1. The summed E-state index contributed by atoms with van der Waals surface area (Å²) in [7, 11) is 2.09. The summed E-state index contributed by atoms with van der Waals surface area (Å²) in [5.41, 5.74) is 0.581. The van der Waals surface area contributed by atoms with Crippen LogP contribution in [0.4, 0.5) is 0 Å². The lowest BCUT2D eigenvalue weighted by Crippen LogP contribution is -2.45. The first-order valence-electron chi connectivity index (χ1n) is 12.7. The van der Waals surface area contributed by atoms with Gasteiger partial charge in [-0.15, -0.1) is 11.3 Å². The Morgan fingerprint density at radius 2 is 1.91 bits per heavy atom. The number of aliphatic hydroxyl groups is 2. The molecule has 2 N–H and O–H groups in total. The number of carbonyl (C=O) groups excluding carboxylic acids is 2. The van der Waals surface area contributed by atoms with Crippen LogP contribution in [-0.4, -0.2) is 69.3 Å². The molecule has 2 saturated heterocycles. The van der Waals surface area contributed by atoms with Gasteiger partial charge in [0, 0.05) is 29.8 Å². The first-order valence-corrected chi connectivity index (χ1v) is 13.6. The van der Waals surface area contributed by atoms with Crippen LogP contribution in [0.5, 0.6) is 0 Å². The van der Waals surface area contributed by atoms with Gasteiger partial charge in [-0.25, -0.2) is 4.98 Å². The van der Waals surface area contributed by atoms with Gasteiger partial charge in [0.2, 0.25) is 0 Å². The summed E-state index contributed by atoms with van der Waals surface area (Å²) in [6.07, 6.45) is 2.72. The number of ketones is 1. The number of aryl methyl sites for hydroxylation is 1. The fourth-order valence-corrected chi connectivity index (χ4v) is 5.92. The van der Waals surface area contributed by atoms with Crippen LogP contribution in [0.25, 0.3) is 6.08 Å². The fraction of sp³-hybridized carbons (Fsp3) is 0.741. The second-order valence-corrected chi connectivity index (χ2v) is 12.2. The molecule has 1 aromatic rings. The van der Waals surface area contributed by atoms with Crippen molar-refractivity contribution in [2.45, 2.75) is 104 Å². The van der Waals surface area contributed by atoms with Gasteiger partial charge in [-0.3, -0.25) is 14.5 Å². The Kier molecular flexibility index (Phi) is 8.95. The van der Waals surface area contributed by atoms with E-state index in [1.54, 1.807) is 32.1 Å². The van der Waals surface area contributed by atoms with Crippen LogP contribution in [-0.2, 0) is 14.3 Å². The number of ether oxygens (including phenoxy) is 1. The highest BCUT2D eigenvalue weighted by Crippen LogP contribution is 2.38. The molecule has 1 aromatic heterocycles. The number of nitrogens with zero attached hydrogens (tertiary/aromatic N) is 2. The third kappa shape index (κ3) is 6.59. The smallest absolute Gasteiger partial charge is 0.309 e. The van der Waals surface area contributed by atoms with Crippen LogP contribution in [0.1, 0.15) is 77.4 Å². The Morgan fingerprint density at radius 3 is 2.54 bits per heavy atom. The molecule has 2 fully saturated rings. The Bertz CT molecular complexity index is 942. The van der Waals surface area contributed by atoms with E-state index in [4.69, 9.17) is 4.74 Å². The number of Topliss-reactive ketones (excluding diaryl/α,β-unsaturated/α-hetero) is 1. The maximum Gasteiger partial charge on any atom is 0.309 e. The summed E-state index contributed by atoms with van der Waals surface area (Å²) >= 11 is 1.58. The lowest BCUT2D eigenvalue weighted by molar-refractivity contribution is -0.154. The Balaban J connectivity index is 1.85. The second-order valence-electron chi connectivity index (χ2n) is 11.2. The number of aliphatic hydroxyl groups excluding tert-OH is 2. The van der Waals surface area contributed by atoms with Crippen molar-refractivity contribution in [3.8, 4) is 0 Å². The molecule has 0 spiro atoms. The predicted octanol–water partition coefficient (Wildman–Crippen LogP) is 4.00. The number of likely N-dealkylation sites (N-methyl/N-ethyl adjacent to an activating group) is 1. The standard InChI is InChI=1S/C27H42N2O5S/c1-15-9-8-10-20-21(29(20)7)12-22(16(2)11-19-14-35-18(4)28-19)34-24(31)13-23(30)27(5,6)26(33)17(3)25(15)32/h11,14-15,17,20-23,25,30,32H,8-10,12-13H2,1-7H3/b16-11+. The number of hydrogen-bond acceptors (Lipinski definition) is 8. The number of fused-ring (bicyclic) bond motifs is 1. The number of esters is 1. The minimum atomic E-state index is -1.21. The van der Waals surface area contributed by atoms with Crippen LogP contribution in [0.2, 0.25) is 0 Å². The van der Waals surface area contributed by atoms with E-state index >= 15 is 0 Å². The van der Waals surface area contributed by atoms with Crippen LogP contribution < -0.4 is 0 Å². The lowest BCUT2D eigenvalue weighted by Gasteiger charge is -2.34. The molecule has 8 unspecified atom stereocenters. The van der Waals surface area contributed by atoms with Gasteiger partial charge in [-0.1, -0.05) is 34.1 Å². The third-order valence-electron chi connectivity index (χ3n) is 8.15. The molecule has 8 atom stereocenters. The molecule has 7 nitrogen and oxygen atoms in total. The fourth-order valence-electron chi connectivity index (χ4n) is 5.35. The molecule has 0 saturated carbocycles.